The van der Waals surface area contributed by atoms with Crippen molar-refractivity contribution in [1.29, 1.82) is 0 Å². The van der Waals surface area contributed by atoms with Gasteiger partial charge in [0.25, 0.3) is 0 Å². The van der Waals surface area contributed by atoms with E-state index < -0.39 is 28.5 Å². The molecule has 1 unspecified atom stereocenters. The Bertz CT molecular complexity index is 1310. The van der Waals surface area contributed by atoms with Crippen molar-refractivity contribution in [1.82, 2.24) is 10.2 Å². The molecular formula is C28H32ClN3O4S. The molecule has 0 heterocycles. The third-order valence-electron chi connectivity index (χ3n) is 5.92. The summed E-state index contributed by atoms with van der Waals surface area (Å²) in [5.41, 5.74) is 2.86. The van der Waals surface area contributed by atoms with Crippen LogP contribution in [0.4, 0.5) is 5.69 Å². The summed E-state index contributed by atoms with van der Waals surface area (Å²) < 4.78 is 26.5. The van der Waals surface area contributed by atoms with Crippen molar-refractivity contribution >= 4 is 39.1 Å². The second-order valence-electron chi connectivity index (χ2n) is 8.82. The number of aryl methyl sites for hydroxylation is 1. The standard InChI is InChI=1S/C28H32ClN3O4S/c1-4-30-28(34)26(18-22-10-6-5-7-11-22)31(19-23-12-8-9-13-25(23)29)27(33)20-32(37(3,35)36)24-16-14-21(2)15-17-24/h5-17,26H,4,18-20H2,1-3H3,(H,30,34). The molecule has 9 heteroatoms. The summed E-state index contributed by atoms with van der Waals surface area (Å²) in [5.74, 6) is -0.842. The number of hydrogen-bond acceptors (Lipinski definition) is 4. The van der Waals surface area contributed by atoms with Crippen LogP contribution < -0.4 is 9.62 Å². The van der Waals surface area contributed by atoms with Gasteiger partial charge in [-0.25, -0.2) is 8.42 Å². The highest BCUT2D eigenvalue weighted by atomic mass is 35.5. The van der Waals surface area contributed by atoms with Gasteiger partial charge in [0.2, 0.25) is 21.8 Å². The molecule has 0 spiro atoms. The topological polar surface area (TPSA) is 86.8 Å². The maximum absolute atomic E-state index is 13.9. The summed E-state index contributed by atoms with van der Waals surface area (Å²) in [5, 5.41) is 3.28. The number of carbonyl (C=O) groups is 2. The molecule has 3 rings (SSSR count). The molecule has 7 nitrogen and oxygen atoms in total. The first-order chi connectivity index (χ1) is 17.6. The Morgan fingerprint density at radius 2 is 1.57 bits per heavy atom. The lowest BCUT2D eigenvalue weighted by Gasteiger charge is -2.33. The molecule has 0 fully saturated rings. The molecule has 3 aromatic rings. The molecule has 196 valence electrons. The maximum Gasteiger partial charge on any atom is 0.244 e. The van der Waals surface area contributed by atoms with Gasteiger partial charge in [-0.3, -0.25) is 13.9 Å². The van der Waals surface area contributed by atoms with Gasteiger partial charge < -0.3 is 10.2 Å². The number of amides is 2. The van der Waals surface area contributed by atoms with E-state index in [1.165, 1.54) is 4.90 Å². The van der Waals surface area contributed by atoms with Crippen molar-refractivity contribution in [2.24, 2.45) is 0 Å². The number of carbonyl (C=O) groups excluding carboxylic acids is 2. The molecule has 0 saturated carbocycles. The number of sulfonamides is 1. The first-order valence-corrected chi connectivity index (χ1v) is 14.2. The van der Waals surface area contributed by atoms with Gasteiger partial charge in [0.15, 0.2) is 0 Å². The molecule has 0 aliphatic carbocycles. The molecule has 0 aliphatic rings. The molecule has 37 heavy (non-hydrogen) atoms. The average Bonchev–Trinajstić information content (AvgIpc) is 2.86. The smallest absolute Gasteiger partial charge is 0.244 e. The van der Waals surface area contributed by atoms with Crippen molar-refractivity contribution in [2.45, 2.75) is 32.9 Å². The van der Waals surface area contributed by atoms with Gasteiger partial charge in [0.1, 0.15) is 12.6 Å². The number of halogens is 1. The monoisotopic (exact) mass is 541 g/mol. The Morgan fingerprint density at radius 3 is 2.16 bits per heavy atom. The second-order valence-corrected chi connectivity index (χ2v) is 11.1. The molecule has 0 aliphatic heterocycles. The maximum atomic E-state index is 13.9. The first kappa shape index (κ1) is 28.2. The summed E-state index contributed by atoms with van der Waals surface area (Å²) in [7, 11) is -3.80. The van der Waals surface area contributed by atoms with Crippen LogP contribution in [0.5, 0.6) is 0 Å². The number of nitrogens with one attached hydrogen (secondary N) is 1. The number of benzene rings is 3. The molecule has 0 aromatic heterocycles. The zero-order chi connectivity index (χ0) is 27.0. The lowest BCUT2D eigenvalue weighted by molar-refractivity contribution is -0.140. The summed E-state index contributed by atoms with van der Waals surface area (Å²) in [4.78, 5) is 28.6. The van der Waals surface area contributed by atoms with Crippen molar-refractivity contribution in [3.63, 3.8) is 0 Å². The van der Waals surface area contributed by atoms with Crippen molar-refractivity contribution in [2.75, 3.05) is 23.7 Å². The largest absolute Gasteiger partial charge is 0.355 e. The second kappa shape index (κ2) is 12.7. The highest BCUT2D eigenvalue weighted by Crippen LogP contribution is 2.23. The SMILES string of the molecule is CCNC(=O)C(Cc1ccccc1)N(Cc1ccccc1Cl)C(=O)CN(c1ccc(C)cc1)S(C)(=O)=O. The molecule has 0 saturated heterocycles. The third kappa shape index (κ3) is 7.81. The Balaban J connectivity index is 2.04. The van der Waals surface area contributed by atoms with Crippen LogP contribution in [0.1, 0.15) is 23.6 Å². The number of hydrogen-bond donors (Lipinski definition) is 1. The van der Waals surface area contributed by atoms with E-state index in [0.717, 1.165) is 21.7 Å². The van der Waals surface area contributed by atoms with Gasteiger partial charge in [-0.2, -0.15) is 0 Å². The lowest BCUT2D eigenvalue weighted by Crippen LogP contribution is -2.53. The van der Waals surface area contributed by atoms with Gasteiger partial charge in [-0.15, -0.1) is 0 Å². The Hall–Kier alpha value is -3.36. The summed E-state index contributed by atoms with van der Waals surface area (Å²) in [6.45, 7) is 3.67. The molecule has 2 amide bonds. The minimum atomic E-state index is -3.80. The van der Waals surface area contributed by atoms with E-state index in [1.54, 1.807) is 55.5 Å². The number of nitrogens with zero attached hydrogens (tertiary/aromatic N) is 2. The predicted octanol–water partition coefficient (Wildman–Crippen LogP) is 4.19. The summed E-state index contributed by atoms with van der Waals surface area (Å²) in [6.07, 6.45) is 1.32. The first-order valence-electron chi connectivity index (χ1n) is 12.0. The van der Waals surface area contributed by atoms with E-state index in [9.17, 15) is 18.0 Å². The molecular weight excluding hydrogens is 510 g/mol. The van der Waals surface area contributed by atoms with Crippen LogP contribution in [-0.4, -0.2) is 50.5 Å². The van der Waals surface area contributed by atoms with E-state index in [0.29, 0.717) is 22.8 Å². The zero-order valence-corrected chi connectivity index (χ0v) is 22.8. The molecule has 1 atom stereocenters. The number of likely N-dealkylation sites (N-methyl/N-ethyl adjacent to an activating group) is 1. The minimum Gasteiger partial charge on any atom is -0.355 e. The van der Waals surface area contributed by atoms with Crippen molar-refractivity contribution in [3.05, 3.63) is 101 Å². The quantitative estimate of drug-likeness (QED) is 0.394. The Kier molecular flexibility index (Phi) is 9.72. The Labute approximate surface area is 224 Å². The van der Waals surface area contributed by atoms with Crippen LogP contribution >= 0.6 is 11.6 Å². The number of rotatable bonds is 11. The van der Waals surface area contributed by atoms with Gasteiger partial charge in [-0.05, 0) is 43.2 Å². The fourth-order valence-corrected chi connectivity index (χ4v) is 5.03. The van der Waals surface area contributed by atoms with Crippen LogP contribution in [-0.2, 0) is 32.6 Å². The van der Waals surface area contributed by atoms with Gasteiger partial charge in [0, 0.05) is 24.5 Å². The van der Waals surface area contributed by atoms with E-state index in [-0.39, 0.29) is 18.9 Å². The Morgan fingerprint density at radius 1 is 0.946 bits per heavy atom. The van der Waals surface area contributed by atoms with Gasteiger partial charge >= 0.3 is 0 Å². The highest BCUT2D eigenvalue weighted by Gasteiger charge is 2.33. The molecule has 3 aromatic carbocycles. The fraction of sp³-hybridized carbons (Fsp3) is 0.286. The molecule has 0 bridgehead atoms. The van der Waals surface area contributed by atoms with Gasteiger partial charge in [0.05, 0.1) is 11.9 Å². The van der Waals surface area contributed by atoms with Crippen LogP contribution in [0.3, 0.4) is 0 Å². The summed E-state index contributed by atoms with van der Waals surface area (Å²) >= 11 is 6.42. The van der Waals surface area contributed by atoms with E-state index in [2.05, 4.69) is 5.32 Å². The van der Waals surface area contributed by atoms with Crippen molar-refractivity contribution in [3.8, 4) is 0 Å². The average molecular weight is 542 g/mol. The normalized spacial score (nSPS) is 12.0. The van der Waals surface area contributed by atoms with E-state index in [4.69, 9.17) is 11.6 Å². The minimum absolute atomic E-state index is 0.0403. The molecule has 1 N–H and O–H groups in total. The lowest BCUT2D eigenvalue weighted by atomic mass is 10.0. The predicted molar refractivity (Wildman–Crippen MR) is 148 cm³/mol. The van der Waals surface area contributed by atoms with Crippen LogP contribution in [0.2, 0.25) is 5.02 Å². The zero-order valence-electron chi connectivity index (χ0n) is 21.2. The number of anilines is 1. The van der Waals surface area contributed by atoms with Gasteiger partial charge in [-0.1, -0.05) is 77.8 Å². The molecule has 0 radical (unpaired) electrons. The summed E-state index contributed by atoms with van der Waals surface area (Å²) in [6, 6.07) is 22.5. The highest BCUT2D eigenvalue weighted by molar-refractivity contribution is 7.92. The van der Waals surface area contributed by atoms with E-state index in [1.807, 2.05) is 37.3 Å². The van der Waals surface area contributed by atoms with Crippen LogP contribution in [0.15, 0.2) is 78.9 Å². The fourth-order valence-electron chi connectivity index (χ4n) is 3.98. The van der Waals surface area contributed by atoms with Crippen molar-refractivity contribution < 1.29 is 18.0 Å². The van der Waals surface area contributed by atoms with Crippen LogP contribution in [0.25, 0.3) is 0 Å². The van der Waals surface area contributed by atoms with E-state index >= 15 is 0 Å². The third-order valence-corrected chi connectivity index (χ3v) is 7.43. The van der Waals surface area contributed by atoms with Crippen LogP contribution in [0, 0.1) is 6.92 Å².